The molecule has 2 aliphatic heterocycles. The zero-order valence-corrected chi connectivity index (χ0v) is 24.0. The highest BCUT2D eigenvalue weighted by Gasteiger charge is 2.47. The fraction of sp³-hybridized carbons (Fsp3) is 0.467. The highest BCUT2D eigenvalue weighted by molar-refractivity contribution is 5.95. The van der Waals surface area contributed by atoms with Crippen LogP contribution >= 0.6 is 0 Å². The van der Waals surface area contributed by atoms with E-state index in [1.54, 1.807) is 0 Å². The maximum atomic E-state index is 13.9. The molecule has 0 saturated carbocycles. The Hall–Kier alpha value is -3.61. The van der Waals surface area contributed by atoms with Crippen molar-refractivity contribution in [2.45, 2.75) is 45.1 Å². The van der Waals surface area contributed by atoms with E-state index in [-0.39, 0.29) is 25.5 Å². The van der Waals surface area contributed by atoms with Gasteiger partial charge in [-0.3, -0.25) is 15.0 Å². The zero-order chi connectivity index (χ0) is 30.2. The van der Waals surface area contributed by atoms with Gasteiger partial charge < -0.3 is 25.4 Å². The second-order valence-electron chi connectivity index (χ2n) is 10.6. The van der Waals surface area contributed by atoms with Gasteiger partial charge in [0.25, 0.3) is 0 Å². The largest absolute Gasteiger partial charge is 0.481 e. The Bertz CT molecular complexity index is 1260. The number of alkyl halides is 3. The van der Waals surface area contributed by atoms with Crippen molar-refractivity contribution < 1.29 is 27.8 Å². The van der Waals surface area contributed by atoms with Crippen LogP contribution in [0.1, 0.15) is 30.9 Å². The number of carboxylic acid groups (broad SMARTS) is 1. The van der Waals surface area contributed by atoms with Gasteiger partial charge in [0, 0.05) is 63.5 Å². The number of guanidine groups is 1. The number of rotatable bonds is 12. The Morgan fingerprint density at radius 3 is 2.48 bits per heavy atom. The van der Waals surface area contributed by atoms with Gasteiger partial charge in [0.15, 0.2) is 0 Å². The lowest BCUT2D eigenvalue weighted by atomic mass is 10.00. The van der Waals surface area contributed by atoms with E-state index in [9.17, 15) is 18.0 Å². The molecule has 0 amide bonds. The van der Waals surface area contributed by atoms with Gasteiger partial charge in [-0.15, -0.1) is 0 Å². The summed E-state index contributed by atoms with van der Waals surface area (Å²) < 4.78 is 47.1. The van der Waals surface area contributed by atoms with E-state index in [1.165, 1.54) is 6.92 Å². The fourth-order valence-corrected chi connectivity index (χ4v) is 5.00. The lowest BCUT2D eigenvalue weighted by Gasteiger charge is -2.36. The summed E-state index contributed by atoms with van der Waals surface area (Å²) in [7, 11) is 0. The molecule has 0 bridgehead atoms. The Balaban J connectivity index is 1.30. The number of halogens is 3. The molecule has 0 spiro atoms. The SMILES string of the molecule is Cc1ccccc1CNC1(C)N=C(Nc2ccc(N3CCN(CCCOCCC(=O)O)CC3)cc2)NC=C1C(F)(F)F. The van der Waals surface area contributed by atoms with Gasteiger partial charge in [-0.25, -0.2) is 4.99 Å². The molecule has 42 heavy (non-hydrogen) atoms. The van der Waals surface area contributed by atoms with E-state index in [0.717, 1.165) is 62.2 Å². The molecule has 9 nitrogen and oxygen atoms in total. The predicted octanol–water partition coefficient (Wildman–Crippen LogP) is 4.32. The monoisotopic (exact) mass is 588 g/mol. The van der Waals surface area contributed by atoms with Crippen molar-refractivity contribution in [1.82, 2.24) is 15.5 Å². The molecular weight excluding hydrogens is 549 g/mol. The summed E-state index contributed by atoms with van der Waals surface area (Å²) in [6, 6.07) is 15.3. The van der Waals surface area contributed by atoms with Crippen LogP contribution in [0.3, 0.4) is 0 Å². The summed E-state index contributed by atoms with van der Waals surface area (Å²) in [6.07, 6.45) is -2.70. The number of aryl methyl sites for hydroxylation is 1. The third-order valence-corrected chi connectivity index (χ3v) is 7.49. The van der Waals surface area contributed by atoms with Crippen LogP contribution in [0.2, 0.25) is 0 Å². The molecular formula is C30H39F3N6O3. The number of hydrogen-bond acceptors (Lipinski definition) is 8. The molecule has 1 fully saturated rings. The van der Waals surface area contributed by atoms with Gasteiger partial charge in [-0.05, 0) is 55.7 Å². The summed E-state index contributed by atoms with van der Waals surface area (Å²) in [5.74, 6) is -0.632. The summed E-state index contributed by atoms with van der Waals surface area (Å²) in [6.45, 7) is 8.86. The minimum atomic E-state index is -4.56. The molecule has 2 aromatic carbocycles. The van der Waals surface area contributed by atoms with Crippen LogP contribution in [-0.4, -0.2) is 79.7 Å². The Kier molecular flexibility index (Phi) is 10.5. The minimum absolute atomic E-state index is 0.0265. The molecule has 0 radical (unpaired) electrons. The fourth-order valence-electron chi connectivity index (χ4n) is 5.00. The minimum Gasteiger partial charge on any atom is -0.481 e. The first-order valence-corrected chi connectivity index (χ1v) is 14.1. The molecule has 0 aliphatic carbocycles. The molecule has 1 atom stereocenters. The first kappa shape index (κ1) is 31.3. The van der Waals surface area contributed by atoms with E-state index in [0.29, 0.717) is 12.3 Å². The number of nitrogens with zero attached hydrogens (tertiary/aromatic N) is 3. The number of aliphatic carboxylic acids is 1. The molecule has 2 aromatic rings. The number of piperazine rings is 1. The Labute approximate surface area is 244 Å². The first-order chi connectivity index (χ1) is 20.0. The van der Waals surface area contributed by atoms with Crippen molar-refractivity contribution in [1.29, 1.82) is 0 Å². The lowest BCUT2D eigenvalue weighted by Crippen LogP contribution is -2.52. The normalized spacial score (nSPS) is 19.6. The second kappa shape index (κ2) is 14.0. The molecule has 12 heteroatoms. The summed E-state index contributed by atoms with van der Waals surface area (Å²) >= 11 is 0. The number of ether oxygens (including phenoxy) is 1. The van der Waals surface area contributed by atoms with Crippen LogP contribution in [0.4, 0.5) is 24.5 Å². The van der Waals surface area contributed by atoms with Crippen molar-refractivity contribution in [3.05, 3.63) is 71.4 Å². The average molecular weight is 589 g/mol. The number of benzene rings is 2. The molecule has 2 aliphatic rings. The number of anilines is 2. The van der Waals surface area contributed by atoms with Crippen molar-refractivity contribution >= 4 is 23.3 Å². The Morgan fingerprint density at radius 1 is 1.10 bits per heavy atom. The van der Waals surface area contributed by atoms with Crippen molar-refractivity contribution in [3.63, 3.8) is 0 Å². The third kappa shape index (κ3) is 8.70. The van der Waals surface area contributed by atoms with Crippen LogP contribution in [-0.2, 0) is 16.1 Å². The second-order valence-corrected chi connectivity index (χ2v) is 10.6. The van der Waals surface area contributed by atoms with E-state index in [2.05, 4.69) is 30.7 Å². The molecule has 2 heterocycles. The smallest absolute Gasteiger partial charge is 0.417 e. The highest BCUT2D eigenvalue weighted by atomic mass is 19.4. The quantitative estimate of drug-likeness (QED) is 0.272. The standard InChI is InChI=1S/C30H39F3N6O3/c1-22-6-3-4-7-23(22)20-35-29(2)26(30(31,32)33)21-34-28(37-29)36-24-8-10-25(11-9-24)39-16-14-38(15-17-39)13-5-18-42-19-12-27(40)41/h3-4,6-11,21,35H,5,12-20H2,1-2H3,(H,40,41)(H2,34,36,37). The predicted molar refractivity (Wildman–Crippen MR) is 158 cm³/mol. The average Bonchev–Trinajstić information content (AvgIpc) is 2.94. The number of nitrogens with one attached hydrogen (secondary N) is 3. The molecule has 1 saturated heterocycles. The van der Waals surface area contributed by atoms with Gasteiger partial charge in [-0.2, -0.15) is 13.2 Å². The topological polar surface area (TPSA) is 101 Å². The van der Waals surface area contributed by atoms with Crippen LogP contribution in [0, 0.1) is 6.92 Å². The maximum absolute atomic E-state index is 13.9. The first-order valence-electron chi connectivity index (χ1n) is 14.1. The van der Waals surface area contributed by atoms with Crippen LogP contribution in [0.15, 0.2) is 65.3 Å². The highest BCUT2D eigenvalue weighted by Crippen LogP contribution is 2.36. The third-order valence-electron chi connectivity index (χ3n) is 7.49. The number of carbonyl (C=O) groups is 1. The van der Waals surface area contributed by atoms with Gasteiger partial charge >= 0.3 is 12.1 Å². The van der Waals surface area contributed by atoms with Gasteiger partial charge in [0.1, 0.15) is 5.66 Å². The van der Waals surface area contributed by atoms with Crippen molar-refractivity contribution in [2.75, 3.05) is 56.2 Å². The number of hydrogen-bond donors (Lipinski definition) is 4. The van der Waals surface area contributed by atoms with Gasteiger partial charge in [0.2, 0.25) is 5.96 Å². The van der Waals surface area contributed by atoms with E-state index in [1.807, 2.05) is 55.5 Å². The van der Waals surface area contributed by atoms with E-state index >= 15 is 0 Å². The van der Waals surface area contributed by atoms with E-state index < -0.39 is 23.4 Å². The molecule has 4 N–H and O–H groups in total. The molecule has 4 rings (SSSR count). The van der Waals surface area contributed by atoms with Gasteiger partial charge in [-0.1, -0.05) is 24.3 Å². The number of aliphatic imine (C=N–C) groups is 1. The van der Waals surface area contributed by atoms with E-state index in [4.69, 9.17) is 9.84 Å². The zero-order valence-electron chi connectivity index (χ0n) is 24.0. The molecule has 1 unspecified atom stereocenters. The maximum Gasteiger partial charge on any atom is 0.417 e. The number of carboxylic acids is 1. The summed E-state index contributed by atoms with van der Waals surface area (Å²) in [4.78, 5) is 19.6. The van der Waals surface area contributed by atoms with Crippen LogP contribution < -0.4 is 20.9 Å². The Morgan fingerprint density at radius 2 is 1.81 bits per heavy atom. The summed E-state index contributed by atoms with van der Waals surface area (Å²) in [5, 5.41) is 17.4. The summed E-state index contributed by atoms with van der Waals surface area (Å²) in [5.41, 5.74) is 1.19. The molecule has 228 valence electrons. The van der Waals surface area contributed by atoms with Crippen molar-refractivity contribution in [3.8, 4) is 0 Å². The van der Waals surface area contributed by atoms with Crippen LogP contribution in [0.25, 0.3) is 0 Å². The van der Waals surface area contributed by atoms with Crippen LogP contribution in [0.5, 0.6) is 0 Å². The lowest BCUT2D eigenvalue weighted by molar-refractivity contribution is -0.138. The van der Waals surface area contributed by atoms with Crippen molar-refractivity contribution in [2.24, 2.45) is 4.99 Å². The van der Waals surface area contributed by atoms with Gasteiger partial charge in [0.05, 0.1) is 18.6 Å². The molecule has 0 aromatic heterocycles.